The summed E-state index contributed by atoms with van der Waals surface area (Å²) < 4.78 is 17.5. The molecule has 1 aromatic heterocycles. The molecule has 174 valence electrons. The molecule has 0 bridgehead atoms. The van der Waals surface area contributed by atoms with E-state index < -0.39 is 0 Å². The van der Waals surface area contributed by atoms with Crippen LogP contribution in [0.2, 0.25) is 0 Å². The van der Waals surface area contributed by atoms with Gasteiger partial charge in [0.25, 0.3) is 0 Å². The zero-order valence-corrected chi connectivity index (χ0v) is 20.3. The fraction of sp³-hybridized carbons (Fsp3) is 0.375. The number of aromatic nitrogens is 2. The highest BCUT2D eigenvalue weighted by Gasteiger charge is 2.22. The average Bonchev–Trinajstić information content (AvgIpc) is 2.83. The van der Waals surface area contributed by atoms with Crippen molar-refractivity contribution in [1.29, 1.82) is 0 Å². The quantitative estimate of drug-likeness (QED) is 0.442. The van der Waals surface area contributed by atoms with E-state index >= 15 is 0 Å². The Labute approximate surface area is 201 Å². The first-order chi connectivity index (χ1) is 16.1. The molecule has 0 spiro atoms. The number of nitrogens with zero attached hydrogens (tertiary/aromatic N) is 3. The molecule has 0 unspecified atom stereocenters. The molecular weight excluding hydrogens is 488 g/mol. The predicted molar refractivity (Wildman–Crippen MR) is 130 cm³/mol. The van der Waals surface area contributed by atoms with Crippen LogP contribution in [-0.2, 0) is 9.53 Å². The normalized spacial score (nSPS) is 14.8. The number of hydrogen-bond donors (Lipinski definition) is 1. The number of esters is 1. The van der Waals surface area contributed by atoms with Gasteiger partial charge in [-0.05, 0) is 56.1 Å². The van der Waals surface area contributed by atoms with Crippen molar-refractivity contribution in [3.05, 3.63) is 47.2 Å². The van der Waals surface area contributed by atoms with Crippen molar-refractivity contribution in [2.24, 2.45) is 5.92 Å². The third-order valence-corrected chi connectivity index (χ3v) is 6.26. The first-order valence-corrected chi connectivity index (χ1v) is 11.6. The molecule has 0 amide bonds. The molecule has 33 heavy (non-hydrogen) atoms. The second-order valence-electron chi connectivity index (χ2n) is 7.98. The summed E-state index contributed by atoms with van der Waals surface area (Å²) in [6.07, 6.45) is 3.47. The molecule has 1 aliphatic heterocycles. The zero-order chi connectivity index (χ0) is 23.2. The van der Waals surface area contributed by atoms with Crippen LogP contribution in [0, 0.1) is 5.92 Å². The minimum Gasteiger partial charge on any atom is -0.493 e. The summed E-state index contributed by atoms with van der Waals surface area (Å²) in [6, 6.07) is 11.7. The lowest BCUT2D eigenvalue weighted by Crippen LogP contribution is -2.39. The van der Waals surface area contributed by atoms with E-state index in [-0.39, 0.29) is 5.97 Å². The molecule has 2 heterocycles. The van der Waals surface area contributed by atoms with Crippen LogP contribution in [0.15, 0.2) is 47.2 Å². The number of carbonyl (C=O) groups is 1. The molecule has 0 aliphatic carbocycles. The van der Waals surface area contributed by atoms with E-state index in [4.69, 9.17) is 14.2 Å². The van der Waals surface area contributed by atoms with Crippen LogP contribution in [-0.4, -0.2) is 61.3 Å². The lowest BCUT2D eigenvalue weighted by molar-refractivity contribution is -0.142. The van der Waals surface area contributed by atoms with Crippen LogP contribution >= 0.6 is 15.9 Å². The second-order valence-corrected chi connectivity index (χ2v) is 8.90. The van der Waals surface area contributed by atoms with Gasteiger partial charge in [-0.1, -0.05) is 22.0 Å². The van der Waals surface area contributed by atoms with Crippen LogP contribution in [0.25, 0.3) is 10.9 Å². The summed E-state index contributed by atoms with van der Waals surface area (Å²) in [7, 11) is 3.05. The first-order valence-electron chi connectivity index (χ1n) is 10.8. The van der Waals surface area contributed by atoms with Crippen LogP contribution in [0.3, 0.4) is 0 Å². The van der Waals surface area contributed by atoms with Crippen LogP contribution < -0.4 is 14.8 Å². The van der Waals surface area contributed by atoms with Gasteiger partial charge in [-0.25, -0.2) is 9.97 Å². The van der Waals surface area contributed by atoms with Gasteiger partial charge in [-0.3, -0.25) is 9.69 Å². The summed E-state index contributed by atoms with van der Waals surface area (Å²) in [5.41, 5.74) is 1.69. The van der Waals surface area contributed by atoms with E-state index in [0.717, 1.165) is 47.0 Å². The minimum atomic E-state index is -0.193. The van der Waals surface area contributed by atoms with Gasteiger partial charge in [0.05, 0.1) is 32.9 Å². The van der Waals surface area contributed by atoms with Gasteiger partial charge in [-0.2, -0.15) is 0 Å². The minimum absolute atomic E-state index is 0.193. The van der Waals surface area contributed by atoms with Gasteiger partial charge in [0, 0.05) is 21.6 Å². The van der Waals surface area contributed by atoms with Crippen LogP contribution in [0.4, 0.5) is 11.5 Å². The SMILES string of the molecule is COC(=O)CN1CCC(COc2cc3ncnc(Nc4cccc(Br)c4)c3cc2OC)CC1. The number of rotatable bonds is 8. The summed E-state index contributed by atoms with van der Waals surface area (Å²) in [6.45, 7) is 2.65. The number of benzene rings is 2. The van der Waals surface area contributed by atoms with Crippen molar-refractivity contribution < 1.29 is 19.0 Å². The maximum atomic E-state index is 11.5. The number of halogens is 1. The van der Waals surface area contributed by atoms with Crippen molar-refractivity contribution in [1.82, 2.24) is 14.9 Å². The lowest BCUT2D eigenvalue weighted by atomic mass is 9.98. The Kier molecular flexibility index (Phi) is 7.61. The average molecular weight is 515 g/mol. The van der Waals surface area contributed by atoms with E-state index in [9.17, 15) is 4.79 Å². The highest BCUT2D eigenvalue weighted by Crippen LogP contribution is 2.35. The predicted octanol–water partition coefficient (Wildman–Crippen LogP) is 4.41. The molecule has 3 aromatic rings. The number of likely N-dealkylation sites (tertiary alicyclic amines) is 1. The lowest BCUT2D eigenvalue weighted by Gasteiger charge is -2.31. The highest BCUT2D eigenvalue weighted by molar-refractivity contribution is 9.10. The largest absolute Gasteiger partial charge is 0.493 e. The molecular formula is C24H27BrN4O4. The van der Waals surface area contributed by atoms with Gasteiger partial charge < -0.3 is 19.5 Å². The molecule has 4 rings (SSSR count). The molecule has 0 saturated carbocycles. The smallest absolute Gasteiger partial charge is 0.319 e. The molecule has 1 aliphatic rings. The van der Waals surface area contributed by atoms with Gasteiger partial charge in [0.2, 0.25) is 0 Å². The Morgan fingerprint density at radius 3 is 2.70 bits per heavy atom. The number of hydrogen-bond acceptors (Lipinski definition) is 8. The number of nitrogens with one attached hydrogen (secondary N) is 1. The van der Waals surface area contributed by atoms with Crippen molar-refractivity contribution in [2.45, 2.75) is 12.8 Å². The molecule has 1 saturated heterocycles. The third kappa shape index (κ3) is 5.91. The van der Waals surface area contributed by atoms with Crippen LogP contribution in [0.1, 0.15) is 12.8 Å². The number of fused-ring (bicyclic) bond motifs is 1. The van der Waals surface area contributed by atoms with E-state index in [2.05, 4.69) is 36.1 Å². The Hall–Kier alpha value is -2.91. The molecule has 8 nitrogen and oxygen atoms in total. The fourth-order valence-corrected chi connectivity index (χ4v) is 4.30. The maximum absolute atomic E-state index is 11.5. The summed E-state index contributed by atoms with van der Waals surface area (Å²) in [4.78, 5) is 22.4. The topological polar surface area (TPSA) is 85.8 Å². The maximum Gasteiger partial charge on any atom is 0.319 e. The number of anilines is 2. The Balaban J connectivity index is 1.45. The summed E-state index contributed by atoms with van der Waals surface area (Å²) >= 11 is 3.49. The van der Waals surface area contributed by atoms with Crippen molar-refractivity contribution in [3.63, 3.8) is 0 Å². The Morgan fingerprint density at radius 1 is 1.15 bits per heavy atom. The zero-order valence-electron chi connectivity index (χ0n) is 18.7. The van der Waals surface area contributed by atoms with E-state index in [1.54, 1.807) is 7.11 Å². The number of ether oxygens (including phenoxy) is 3. The third-order valence-electron chi connectivity index (χ3n) is 5.77. The second kappa shape index (κ2) is 10.8. The van der Waals surface area contributed by atoms with E-state index in [1.807, 2.05) is 36.4 Å². The van der Waals surface area contributed by atoms with Gasteiger partial charge >= 0.3 is 5.97 Å². The molecule has 0 atom stereocenters. The van der Waals surface area contributed by atoms with E-state index in [0.29, 0.717) is 36.4 Å². The van der Waals surface area contributed by atoms with E-state index in [1.165, 1.54) is 13.4 Å². The number of piperidine rings is 1. The first kappa shape index (κ1) is 23.3. The molecule has 0 radical (unpaired) electrons. The van der Waals surface area contributed by atoms with Crippen molar-refractivity contribution in [3.8, 4) is 11.5 Å². The Bertz CT molecular complexity index is 1120. The summed E-state index contributed by atoms with van der Waals surface area (Å²) in [5, 5.41) is 4.19. The van der Waals surface area contributed by atoms with Gasteiger partial charge in [-0.15, -0.1) is 0 Å². The molecule has 1 fully saturated rings. The Morgan fingerprint density at radius 2 is 1.97 bits per heavy atom. The highest BCUT2D eigenvalue weighted by atomic mass is 79.9. The number of carbonyl (C=O) groups excluding carboxylic acids is 1. The van der Waals surface area contributed by atoms with Crippen molar-refractivity contribution >= 4 is 44.3 Å². The van der Waals surface area contributed by atoms with Gasteiger partial charge in [0.1, 0.15) is 12.1 Å². The van der Waals surface area contributed by atoms with Gasteiger partial charge in [0.15, 0.2) is 11.5 Å². The molecule has 2 aromatic carbocycles. The molecule has 1 N–H and O–H groups in total. The fourth-order valence-electron chi connectivity index (χ4n) is 3.90. The standard InChI is InChI=1S/C24H27BrN4O4/c1-31-21-11-19-20(26-15-27-24(19)28-18-5-3-4-17(25)10-18)12-22(21)33-14-16-6-8-29(9-7-16)13-23(30)32-2/h3-5,10-12,15-16H,6-9,13-14H2,1-2H3,(H,26,27,28). The summed E-state index contributed by atoms with van der Waals surface area (Å²) in [5.74, 6) is 2.22. The molecule has 9 heteroatoms. The van der Waals surface area contributed by atoms with Crippen molar-refractivity contribution in [2.75, 3.05) is 45.8 Å². The van der Waals surface area contributed by atoms with Crippen LogP contribution in [0.5, 0.6) is 11.5 Å². The number of methoxy groups -OCH3 is 2. The monoisotopic (exact) mass is 514 g/mol.